The highest BCUT2D eigenvalue weighted by Crippen LogP contribution is 2.21. The number of hydrogen-bond donors (Lipinski definition) is 2. The maximum Gasteiger partial charge on any atom is 0.228 e. The van der Waals surface area contributed by atoms with E-state index in [2.05, 4.69) is 22.8 Å². The number of benzene rings is 1. The highest BCUT2D eigenvalue weighted by Gasteiger charge is 2.19. The van der Waals surface area contributed by atoms with Crippen molar-refractivity contribution in [2.24, 2.45) is 5.92 Å². The topological polar surface area (TPSA) is 41.1 Å². The number of carbonyl (C=O) groups excluding carboxylic acids is 1. The second-order valence-electron chi connectivity index (χ2n) is 4.32. The fourth-order valence-electron chi connectivity index (χ4n) is 2.05. The number of para-hydroxylation sites is 1. The Morgan fingerprint density at radius 3 is 2.71 bits per heavy atom. The molecule has 3 heteroatoms. The summed E-state index contributed by atoms with van der Waals surface area (Å²) in [6.07, 6.45) is 5.87. The third-order valence-corrected chi connectivity index (χ3v) is 3.02. The Morgan fingerprint density at radius 1 is 1.29 bits per heavy atom. The lowest BCUT2D eigenvalue weighted by molar-refractivity contribution is -0.119. The fraction of sp³-hybridized carbons (Fsp3) is 0.357. The molecule has 0 aromatic heterocycles. The van der Waals surface area contributed by atoms with Crippen LogP contribution in [0.1, 0.15) is 18.4 Å². The molecule has 1 aromatic rings. The van der Waals surface area contributed by atoms with E-state index >= 15 is 0 Å². The van der Waals surface area contributed by atoms with Crippen LogP contribution in [0.3, 0.4) is 0 Å². The molecule has 0 fully saturated rings. The van der Waals surface area contributed by atoms with Gasteiger partial charge in [-0.3, -0.25) is 4.79 Å². The summed E-state index contributed by atoms with van der Waals surface area (Å²) in [6.45, 7) is 0.763. The van der Waals surface area contributed by atoms with Gasteiger partial charge in [-0.05, 0) is 31.5 Å². The molecular weight excluding hydrogens is 212 g/mol. The molecule has 1 aromatic carbocycles. The minimum absolute atomic E-state index is 0.109. The number of amides is 1. The van der Waals surface area contributed by atoms with Gasteiger partial charge < -0.3 is 10.6 Å². The number of allylic oxidation sites excluding steroid dienone is 2. The molecule has 0 heterocycles. The number of rotatable bonds is 4. The summed E-state index contributed by atoms with van der Waals surface area (Å²) in [5.41, 5.74) is 2.04. The predicted octanol–water partition coefficient (Wildman–Crippen LogP) is 2.31. The number of hydrogen-bond acceptors (Lipinski definition) is 2. The Morgan fingerprint density at radius 2 is 2.00 bits per heavy atom. The van der Waals surface area contributed by atoms with Crippen molar-refractivity contribution >= 4 is 11.6 Å². The van der Waals surface area contributed by atoms with Crippen LogP contribution in [0.25, 0.3) is 0 Å². The summed E-state index contributed by atoms with van der Waals surface area (Å²) in [4.78, 5) is 12.0. The Hall–Kier alpha value is -1.61. The first-order chi connectivity index (χ1) is 8.31. The highest BCUT2D eigenvalue weighted by molar-refractivity contribution is 5.93. The van der Waals surface area contributed by atoms with E-state index in [4.69, 9.17) is 0 Å². The van der Waals surface area contributed by atoms with Crippen molar-refractivity contribution in [3.8, 4) is 0 Å². The minimum Gasteiger partial charge on any atom is -0.326 e. The quantitative estimate of drug-likeness (QED) is 0.779. The van der Waals surface area contributed by atoms with E-state index in [0.29, 0.717) is 0 Å². The van der Waals surface area contributed by atoms with Crippen molar-refractivity contribution in [3.05, 3.63) is 42.0 Å². The average Bonchev–Trinajstić information content (AvgIpc) is 2.85. The zero-order valence-corrected chi connectivity index (χ0v) is 10.1. The molecule has 1 amide bonds. The molecule has 0 unspecified atom stereocenters. The van der Waals surface area contributed by atoms with Crippen molar-refractivity contribution in [2.45, 2.75) is 19.4 Å². The van der Waals surface area contributed by atoms with Gasteiger partial charge in [-0.1, -0.05) is 30.4 Å². The van der Waals surface area contributed by atoms with Crippen molar-refractivity contribution in [3.63, 3.8) is 0 Å². The SMILES string of the molecule is CNCc1ccccc1NC(=O)C1CC=CC1. The molecular formula is C14H18N2O. The summed E-state index contributed by atoms with van der Waals surface area (Å²) >= 11 is 0. The summed E-state index contributed by atoms with van der Waals surface area (Å²) in [6, 6.07) is 7.91. The van der Waals surface area contributed by atoms with Crippen LogP contribution in [0.5, 0.6) is 0 Å². The van der Waals surface area contributed by atoms with E-state index in [9.17, 15) is 4.79 Å². The maximum atomic E-state index is 12.0. The molecule has 1 aliphatic carbocycles. The van der Waals surface area contributed by atoms with Crippen LogP contribution in [0.15, 0.2) is 36.4 Å². The van der Waals surface area contributed by atoms with Crippen molar-refractivity contribution < 1.29 is 4.79 Å². The van der Waals surface area contributed by atoms with Gasteiger partial charge in [0.05, 0.1) is 0 Å². The van der Waals surface area contributed by atoms with Gasteiger partial charge in [0.2, 0.25) is 5.91 Å². The molecule has 0 aliphatic heterocycles. The lowest BCUT2D eigenvalue weighted by Gasteiger charge is -2.13. The van der Waals surface area contributed by atoms with Crippen LogP contribution in [-0.4, -0.2) is 13.0 Å². The molecule has 0 radical (unpaired) electrons. The standard InChI is InChI=1S/C14H18N2O/c1-15-10-12-8-4-5-9-13(12)16-14(17)11-6-2-3-7-11/h2-5,8-9,11,15H,6-7,10H2,1H3,(H,16,17). The van der Waals surface area contributed by atoms with Gasteiger partial charge in [-0.25, -0.2) is 0 Å². The summed E-state index contributed by atoms with van der Waals surface area (Å²) in [5.74, 6) is 0.233. The highest BCUT2D eigenvalue weighted by atomic mass is 16.1. The molecule has 0 saturated heterocycles. The molecule has 2 rings (SSSR count). The van der Waals surface area contributed by atoms with Gasteiger partial charge in [0, 0.05) is 18.2 Å². The lowest BCUT2D eigenvalue weighted by Crippen LogP contribution is -2.22. The molecule has 3 nitrogen and oxygen atoms in total. The van der Waals surface area contributed by atoms with E-state index in [1.54, 1.807) is 0 Å². The maximum absolute atomic E-state index is 12.0. The van der Waals surface area contributed by atoms with Gasteiger partial charge in [0.15, 0.2) is 0 Å². The second kappa shape index (κ2) is 5.64. The first kappa shape index (κ1) is 11.9. The number of anilines is 1. The first-order valence-corrected chi connectivity index (χ1v) is 5.99. The molecule has 1 aliphatic rings. The zero-order valence-electron chi connectivity index (χ0n) is 10.1. The third-order valence-electron chi connectivity index (χ3n) is 3.02. The van der Waals surface area contributed by atoms with Crippen molar-refractivity contribution in [1.82, 2.24) is 5.32 Å². The van der Waals surface area contributed by atoms with Gasteiger partial charge >= 0.3 is 0 Å². The molecule has 90 valence electrons. The van der Waals surface area contributed by atoms with Gasteiger partial charge in [0.25, 0.3) is 0 Å². The van der Waals surface area contributed by atoms with Crippen LogP contribution in [0.4, 0.5) is 5.69 Å². The molecule has 2 N–H and O–H groups in total. The number of nitrogens with one attached hydrogen (secondary N) is 2. The molecule has 17 heavy (non-hydrogen) atoms. The zero-order chi connectivity index (χ0) is 12.1. The third kappa shape index (κ3) is 2.94. The predicted molar refractivity (Wildman–Crippen MR) is 69.7 cm³/mol. The normalized spacial score (nSPS) is 15.1. The first-order valence-electron chi connectivity index (χ1n) is 5.99. The molecule has 0 bridgehead atoms. The summed E-state index contributed by atoms with van der Waals surface area (Å²) in [5, 5.41) is 6.12. The van der Waals surface area contributed by atoms with E-state index in [1.807, 2.05) is 31.3 Å². The van der Waals surface area contributed by atoms with E-state index in [-0.39, 0.29) is 11.8 Å². The number of carbonyl (C=O) groups is 1. The van der Waals surface area contributed by atoms with E-state index < -0.39 is 0 Å². The minimum atomic E-state index is 0.109. The Kier molecular flexibility index (Phi) is 3.94. The van der Waals surface area contributed by atoms with Gasteiger partial charge in [0.1, 0.15) is 0 Å². The largest absolute Gasteiger partial charge is 0.326 e. The monoisotopic (exact) mass is 230 g/mol. The molecule has 0 atom stereocenters. The summed E-state index contributed by atoms with van der Waals surface area (Å²) < 4.78 is 0. The van der Waals surface area contributed by atoms with Crippen LogP contribution in [0.2, 0.25) is 0 Å². The second-order valence-corrected chi connectivity index (χ2v) is 4.32. The van der Waals surface area contributed by atoms with Crippen LogP contribution >= 0.6 is 0 Å². The van der Waals surface area contributed by atoms with Crippen LogP contribution in [-0.2, 0) is 11.3 Å². The van der Waals surface area contributed by atoms with Crippen LogP contribution in [0, 0.1) is 5.92 Å². The van der Waals surface area contributed by atoms with Crippen LogP contribution < -0.4 is 10.6 Å². The molecule has 0 saturated carbocycles. The van der Waals surface area contributed by atoms with E-state index in [0.717, 1.165) is 30.6 Å². The smallest absolute Gasteiger partial charge is 0.228 e. The van der Waals surface area contributed by atoms with Crippen molar-refractivity contribution in [1.29, 1.82) is 0 Å². The summed E-state index contributed by atoms with van der Waals surface area (Å²) in [7, 11) is 1.90. The molecule has 0 spiro atoms. The van der Waals surface area contributed by atoms with Gasteiger partial charge in [-0.2, -0.15) is 0 Å². The average molecular weight is 230 g/mol. The lowest BCUT2D eigenvalue weighted by atomic mass is 10.1. The fourth-order valence-corrected chi connectivity index (χ4v) is 2.05. The Labute approximate surface area is 102 Å². The Bertz CT molecular complexity index is 418. The van der Waals surface area contributed by atoms with E-state index in [1.165, 1.54) is 0 Å². The van der Waals surface area contributed by atoms with Gasteiger partial charge in [-0.15, -0.1) is 0 Å². The Balaban J connectivity index is 2.04. The van der Waals surface area contributed by atoms with Crippen molar-refractivity contribution in [2.75, 3.05) is 12.4 Å².